The van der Waals surface area contributed by atoms with Gasteiger partial charge in [0, 0.05) is 21.8 Å². The van der Waals surface area contributed by atoms with Crippen LogP contribution in [0.4, 0.5) is 16.2 Å². The Bertz CT molecular complexity index is 1120. The Morgan fingerprint density at radius 2 is 1.75 bits per heavy atom. The van der Waals surface area contributed by atoms with E-state index in [1.807, 2.05) is 37.3 Å². The van der Waals surface area contributed by atoms with Gasteiger partial charge >= 0.3 is 6.03 Å². The maximum Gasteiger partial charge on any atom is 0.329 e. The standard InChI is InChI=1S/C25H24BrN3O3/c1-17(12-13-18-8-4-2-5-9-18)27-23(30)25(32)21-16-19(26)14-15-22(21)28-24(31)29(25)20-10-6-3-7-11-20/h2-11,14-17,32H,12-13H2,1H3,(H,27,30)(H,28,31)/t17-,25-/m0/s1. The normalized spacial score (nSPS) is 18.5. The number of hydrogen-bond acceptors (Lipinski definition) is 3. The van der Waals surface area contributed by atoms with Crippen molar-refractivity contribution >= 4 is 39.2 Å². The Morgan fingerprint density at radius 3 is 2.44 bits per heavy atom. The number of amides is 3. The average Bonchev–Trinajstić information content (AvgIpc) is 2.79. The first-order valence-corrected chi connectivity index (χ1v) is 11.2. The van der Waals surface area contributed by atoms with Crippen molar-refractivity contribution in [2.75, 3.05) is 10.2 Å². The van der Waals surface area contributed by atoms with E-state index in [-0.39, 0.29) is 6.04 Å². The highest BCUT2D eigenvalue weighted by Crippen LogP contribution is 2.41. The number of nitrogens with one attached hydrogen (secondary N) is 2. The molecule has 0 aromatic heterocycles. The SMILES string of the molecule is C[C@@H](CCc1ccccc1)NC(=O)[C@@]1(O)c2cc(Br)ccc2NC(=O)N1c1ccccc1. The Hall–Kier alpha value is -3.16. The molecular formula is C25H24BrN3O3. The monoisotopic (exact) mass is 493 g/mol. The number of carbonyl (C=O) groups is 2. The highest BCUT2D eigenvalue weighted by atomic mass is 79.9. The van der Waals surface area contributed by atoms with Crippen LogP contribution in [0.15, 0.2) is 83.3 Å². The second kappa shape index (κ2) is 9.14. The highest BCUT2D eigenvalue weighted by molar-refractivity contribution is 9.10. The van der Waals surface area contributed by atoms with Crippen LogP contribution >= 0.6 is 15.9 Å². The smallest absolute Gasteiger partial charge is 0.329 e. The number of anilines is 2. The highest BCUT2D eigenvalue weighted by Gasteiger charge is 2.52. The Kier molecular flexibility index (Phi) is 6.30. The number of nitrogens with zero attached hydrogens (tertiary/aromatic N) is 1. The second-order valence-corrected chi connectivity index (χ2v) is 8.78. The fraction of sp³-hybridized carbons (Fsp3) is 0.200. The summed E-state index contributed by atoms with van der Waals surface area (Å²) in [6.45, 7) is 1.89. The Labute approximate surface area is 195 Å². The molecule has 0 saturated carbocycles. The van der Waals surface area contributed by atoms with E-state index >= 15 is 0 Å². The molecule has 4 rings (SSSR count). The summed E-state index contributed by atoms with van der Waals surface area (Å²) in [5.74, 6) is -0.656. The molecule has 164 valence electrons. The summed E-state index contributed by atoms with van der Waals surface area (Å²) < 4.78 is 0.684. The van der Waals surface area contributed by atoms with Gasteiger partial charge in [-0.3, -0.25) is 9.69 Å². The average molecular weight is 494 g/mol. The summed E-state index contributed by atoms with van der Waals surface area (Å²) in [5, 5.41) is 17.6. The topological polar surface area (TPSA) is 81.7 Å². The van der Waals surface area contributed by atoms with Gasteiger partial charge in [-0.05, 0) is 55.7 Å². The molecule has 1 heterocycles. The molecule has 0 aliphatic carbocycles. The first kappa shape index (κ1) is 22.0. The summed E-state index contributed by atoms with van der Waals surface area (Å²) in [7, 11) is 0. The third-order valence-corrected chi connectivity index (χ3v) is 6.04. The number of benzene rings is 3. The molecule has 1 aliphatic rings. The fourth-order valence-corrected chi connectivity index (χ4v) is 4.24. The maximum atomic E-state index is 13.5. The maximum absolute atomic E-state index is 13.5. The van der Waals surface area contributed by atoms with E-state index in [1.165, 1.54) is 5.56 Å². The van der Waals surface area contributed by atoms with Gasteiger partial charge in [-0.1, -0.05) is 64.5 Å². The Balaban J connectivity index is 1.66. The number of aliphatic hydroxyl groups is 1. The summed E-state index contributed by atoms with van der Waals surface area (Å²) in [4.78, 5) is 27.7. The van der Waals surface area contributed by atoms with Gasteiger partial charge in [0.15, 0.2) is 0 Å². The van der Waals surface area contributed by atoms with Crippen molar-refractivity contribution in [3.05, 3.63) is 94.5 Å². The van der Waals surface area contributed by atoms with Crippen LogP contribution in [0.5, 0.6) is 0 Å². The van der Waals surface area contributed by atoms with Crippen molar-refractivity contribution in [2.45, 2.75) is 31.5 Å². The molecule has 3 amide bonds. The van der Waals surface area contributed by atoms with Crippen LogP contribution in [0, 0.1) is 0 Å². The summed E-state index contributed by atoms with van der Waals surface area (Å²) in [6.07, 6.45) is 1.47. The van der Waals surface area contributed by atoms with Crippen LogP contribution in [-0.4, -0.2) is 23.1 Å². The molecule has 2 atom stereocenters. The summed E-state index contributed by atoms with van der Waals surface area (Å²) >= 11 is 3.41. The Morgan fingerprint density at radius 1 is 1.09 bits per heavy atom. The lowest BCUT2D eigenvalue weighted by atomic mass is 9.94. The van der Waals surface area contributed by atoms with E-state index in [1.54, 1.807) is 48.5 Å². The first-order chi connectivity index (χ1) is 15.4. The zero-order valence-electron chi connectivity index (χ0n) is 17.6. The number of carbonyl (C=O) groups excluding carboxylic acids is 2. The fourth-order valence-electron chi connectivity index (χ4n) is 3.88. The molecule has 0 fully saturated rings. The molecule has 0 bridgehead atoms. The minimum Gasteiger partial charge on any atom is -0.359 e. The molecule has 0 radical (unpaired) electrons. The predicted octanol–water partition coefficient (Wildman–Crippen LogP) is 4.78. The van der Waals surface area contributed by atoms with Gasteiger partial charge in [0.1, 0.15) is 0 Å². The van der Waals surface area contributed by atoms with E-state index in [9.17, 15) is 14.7 Å². The third kappa shape index (κ3) is 4.26. The van der Waals surface area contributed by atoms with Gasteiger partial charge in [0.25, 0.3) is 11.6 Å². The molecule has 6 nitrogen and oxygen atoms in total. The number of fused-ring (bicyclic) bond motifs is 1. The van der Waals surface area contributed by atoms with E-state index in [2.05, 4.69) is 26.6 Å². The largest absolute Gasteiger partial charge is 0.359 e. The molecule has 1 aliphatic heterocycles. The van der Waals surface area contributed by atoms with Crippen LogP contribution in [0.2, 0.25) is 0 Å². The second-order valence-electron chi connectivity index (χ2n) is 7.86. The number of hydrogen-bond donors (Lipinski definition) is 3. The van der Waals surface area contributed by atoms with Crippen molar-refractivity contribution < 1.29 is 14.7 Å². The third-order valence-electron chi connectivity index (χ3n) is 5.54. The number of rotatable bonds is 6. The van der Waals surface area contributed by atoms with Crippen molar-refractivity contribution in [1.82, 2.24) is 5.32 Å². The van der Waals surface area contributed by atoms with Crippen molar-refractivity contribution in [1.29, 1.82) is 0 Å². The number of aryl methyl sites for hydroxylation is 1. The number of para-hydroxylation sites is 1. The summed E-state index contributed by atoms with van der Waals surface area (Å²) in [6, 6.07) is 22.9. The van der Waals surface area contributed by atoms with Crippen LogP contribution < -0.4 is 15.5 Å². The predicted molar refractivity (Wildman–Crippen MR) is 128 cm³/mol. The molecule has 0 spiro atoms. The lowest BCUT2D eigenvalue weighted by molar-refractivity contribution is -0.141. The van der Waals surface area contributed by atoms with E-state index < -0.39 is 17.7 Å². The van der Waals surface area contributed by atoms with Crippen LogP contribution in [-0.2, 0) is 16.9 Å². The lowest BCUT2D eigenvalue weighted by Crippen LogP contribution is -2.63. The zero-order valence-corrected chi connectivity index (χ0v) is 19.2. The molecule has 7 heteroatoms. The van der Waals surface area contributed by atoms with Crippen molar-refractivity contribution in [3.63, 3.8) is 0 Å². The molecule has 32 heavy (non-hydrogen) atoms. The number of urea groups is 1. The van der Waals surface area contributed by atoms with Crippen LogP contribution in [0.1, 0.15) is 24.5 Å². The van der Waals surface area contributed by atoms with E-state index in [0.29, 0.717) is 27.8 Å². The minimum absolute atomic E-state index is 0.218. The van der Waals surface area contributed by atoms with Crippen molar-refractivity contribution in [3.8, 4) is 0 Å². The van der Waals surface area contributed by atoms with Gasteiger partial charge in [0.05, 0.1) is 5.69 Å². The van der Waals surface area contributed by atoms with Crippen LogP contribution in [0.3, 0.4) is 0 Å². The molecule has 3 aromatic rings. The summed E-state index contributed by atoms with van der Waals surface area (Å²) in [5.41, 5.74) is 0.0434. The first-order valence-electron chi connectivity index (χ1n) is 10.4. The van der Waals surface area contributed by atoms with Crippen molar-refractivity contribution in [2.24, 2.45) is 0 Å². The van der Waals surface area contributed by atoms with Gasteiger partial charge in [0.2, 0.25) is 0 Å². The molecular weight excluding hydrogens is 470 g/mol. The quantitative estimate of drug-likeness (QED) is 0.461. The zero-order chi connectivity index (χ0) is 22.7. The van der Waals surface area contributed by atoms with E-state index in [4.69, 9.17) is 0 Å². The molecule has 0 saturated heterocycles. The van der Waals surface area contributed by atoms with Gasteiger partial charge in [-0.2, -0.15) is 0 Å². The number of halogens is 1. The molecule has 3 N–H and O–H groups in total. The molecule has 3 aromatic carbocycles. The lowest BCUT2D eigenvalue weighted by Gasteiger charge is -2.43. The molecule has 0 unspecified atom stereocenters. The van der Waals surface area contributed by atoms with E-state index in [0.717, 1.165) is 11.3 Å². The van der Waals surface area contributed by atoms with Crippen LogP contribution in [0.25, 0.3) is 0 Å². The minimum atomic E-state index is -2.22. The van der Waals surface area contributed by atoms with Gasteiger partial charge in [-0.15, -0.1) is 0 Å². The van der Waals surface area contributed by atoms with Gasteiger partial charge < -0.3 is 15.7 Å². The van der Waals surface area contributed by atoms with Gasteiger partial charge in [-0.25, -0.2) is 4.79 Å².